The van der Waals surface area contributed by atoms with Gasteiger partial charge in [-0.15, -0.1) is 0 Å². The summed E-state index contributed by atoms with van der Waals surface area (Å²) < 4.78 is 13.9. The number of aliphatic hydroxyl groups excluding tert-OH is 1. The van der Waals surface area contributed by atoms with Gasteiger partial charge in [0.25, 0.3) is 0 Å². The molecule has 2 rings (SSSR count). The Balaban J connectivity index is 2.41. The van der Waals surface area contributed by atoms with Crippen LogP contribution in [0.1, 0.15) is 31.4 Å². The molecule has 1 aliphatic heterocycles. The topological polar surface area (TPSA) is 52.6 Å². The van der Waals surface area contributed by atoms with Crippen LogP contribution in [0.2, 0.25) is 0 Å². The Hall–Kier alpha value is -1.62. The first-order valence-electron chi connectivity index (χ1n) is 6.51. The molecule has 1 aromatic rings. The fraction of sp³-hybridized carbons (Fsp3) is 0.500. The lowest BCUT2D eigenvalue weighted by molar-refractivity contribution is -0.121. The standard InChI is InChI=1S/C14H19FN2O2/c1-9(18)13-10(15)5-3-6-11(13)17-8-4-7-12(17)14(19)16-2/h3,5-6,9,12,18H,4,7-8H2,1-2H3,(H,16,19)/t9-,12?/m1/s1. The fourth-order valence-corrected chi connectivity index (χ4v) is 2.68. The molecule has 0 radical (unpaired) electrons. The van der Waals surface area contributed by atoms with Gasteiger partial charge >= 0.3 is 0 Å². The molecule has 0 aromatic heterocycles. The van der Waals surface area contributed by atoms with Gasteiger partial charge in [-0.2, -0.15) is 0 Å². The molecular weight excluding hydrogens is 247 g/mol. The number of likely N-dealkylation sites (N-methyl/N-ethyl adjacent to an activating group) is 1. The summed E-state index contributed by atoms with van der Waals surface area (Å²) in [6.45, 7) is 2.23. The minimum Gasteiger partial charge on any atom is -0.389 e. The van der Waals surface area contributed by atoms with Crippen LogP contribution in [0.4, 0.5) is 10.1 Å². The van der Waals surface area contributed by atoms with Crippen molar-refractivity contribution in [2.75, 3.05) is 18.5 Å². The molecule has 0 bridgehead atoms. The van der Waals surface area contributed by atoms with Gasteiger partial charge in [0.2, 0.25) is 5.91 Å². The Morgan fingerprint density at radius 3 is 2.95 bits per heavy atom. The van der Waals surface area contributed by atoms with Crippen molar-refractivity contribution in [1.82, 2.24) is 5.32 Å². The van der Waals surface area contributed by atoms with E-state index < -0.39 is 11.9 Å². The van der Waals surface area contributed by atoms with Gasteiger partial charge in [-0.3, -0.25) is 4.79 Å². The fourth-order valence-electron chi connectivity index (χ4n) is 2.68. The van der Waals surface area contributed by atoms with Crippen LogP contribution >= 0.6 is 0 Å². The van der Waals surface area contributed by atoms with Crippen LogP contribution in [0.5, 0.6) is 0 Å². The number of benzene rings is 1. The number of nitrogens with one attached hydrogen (secondary N) is 1. The molecule has 19 heavy (non-hydrogen) atoms. The monoisotopic (exact) mass is 266 g/mol. The molecule has 1 aliphatic rings. The van der Waals surface area contributed by atoms with Gasteiger partial charge in [0.05, 0.1) is 6.10 Å². The molecular formula is C14H19FN2O2. The lowest BCUT2D eigenvalue weighted by Gasteiger charge is -2.28. The molecule has 2 atom stereocenters. The highest BCUT2D eigenvalue weighted by atomic mass is 19.1. The highest BCUT2D eigenvalue weighted by molar-refractivity contribution is 5.86. The Labute approximate surface area is 112 Å². The zero-order chi connectivity index (χ0) is 14.0. The molecule has 0 spiro atoms. The number of aliphatic hydroxyl groups is 1. The first-order chi connectivity index (χ1) is 9.06. The number of carbonyl (C=O) groups excluding carboxylic acids is 1. The smallest absolute Gasteiger partial charge is 0.242 e. The van der Waals surface area contributed by atoms with E-state index in [1.807, 2.05) is 4.90 Å². The number of rotatable bonds is 3. The third kappa shape index (κ3) is 2.56. The SMILES string of the molecule is CNC(=O)C1CCCN1c1cccc(F)c1[C@@H](C)O. The summed E-state index contributed by atoms with van der Waals surface area (Å²) >= 11 is 0. The number of hydrogen-bond donors (Lipinski definition) is 2. The van der Waals surface area contributed by atoms with Crippen LogP contribution in [0, 0.1) is 5.82 Å². The summed E-state index contributed by atoms with van der Waals surface area (Å²) in [7, 11) is 1.60. The Morgan fingerprint density at radius 1 is 1.58 bits per heavy atom. The van der Waals surface area contributed by atoms with E-state index in [1.165, 1.54) is 13.0 Å². The van der Waals surface area contributed by atoms with E-state index in [0.29, 0.717) is 12.2 Å². The van der Waals surface area contributed by atoms with Crippen molar-refractivity contribution in [2.24, 2.45) is 0 Å². The predicted molar refractivity (Wildman–Crippen MR) is 71.5 cm³/mol. The van der Waals surface area contributed by atoms with Crippen LogP contribution < -0.4 is 10.2 Å². The van der Waals surface area contributed by atoms with Crippen molar-refractivity contribution < 1.29 is 14.3 Å². The molecule has 2 N–H and O–H groups in total. The molecule has 104 valence electrons. The summed E-state index contributed by atoms with van der Waals surface area (Å²) in [6, 6.07) is 4.41. The molecule has 5 heteroatoms. The van der Waals surface area contributed by atoms with Gasteiger partial charge in [0, 0.05) is 24.8 Å². The third-order valence-corrected chi connectivity index (χ3v) is 3.56. The molecule has 4 nitrogen and oxygen atoms in total. The van der Waals surface area contributed by atoms with Gasteiger partial charge < -0.3 is 15.3 Å². The summed E-state index contributed by atoms with van der Waals surface area (Å²) in [5.74, 6) is -0.506. The second kappa shape index (κ2) is 5.57. The Morgan fingerprint density at radius 2 is 2.32 bits per heavy atom. The van der Waals surface area contributed by atoms with Crippen molar-refractivity contribution in [3.05, 3.63) is 29.6 Å². The van der Waals surface area contributed by atoms with Crippen LogP contribution in [0.25, 0.3) is 0 Å². The minimum atomic E-state index is -0.901. The average Bonchev–Trinajstić information content (AvgIpc) is 2.86. The van der Waals surface area contributed by atoms with Gasteiger partial charge in [0.1, 0.15) is 11.9 Å². The largest absolute Gasteiger partial charge is 0.389 e. The first kappa shape index (κ1) is 13.8. The van der Waals surface area contributed by atoms with Gasteiger partial charge in [-0.1, -0.05) is 6.07 Å². The molecule has 1 heterocycles. The molecule has 1 amide bonds. The van der Waals surface area contributed by atoms with Crippen molar-refractivity contribution in [2.45, 2.75) is 31.9 Å². The lowest BCUT2D eigenvalue weighted by Crippen LogP contribution is -2.42. The summed E-state index contributed by atoms with van der Waals surface area (Å²) in [4.78, 5) is 13.7. The second-order valence-corrected chi connectivity index (χ2v) is 4.81. The van der Waals surface area contributed by atoms with Crippen LogP contribution in [0.3, 0.4) is 0 Å². The minimum absolute atomic E-state index is 0.0710. The van der Waals surface area contributed by atoms with E-state index in [-0.39, 0.29) is 17.5 Å². The van der Waals surface area contributed by atoms with E-state index in [9.17, 15) is 14.3 Å². The second-order valence-electron chi connectivity index (χ2n) is 4.81. The third-order valence-electron chi connectivity index (χ3n) is 3.56. The first-order valence-corrected chi connectivity index (χ1v) is 6.51. The van der Waals surface area contributed by atoms with E-state index in [2.05, 4.69) is 5.32 Å². The van der Waals surface area contributed by atoms with E-state index in [1.54, 1.807) is 19.2 Å². The number of hydrogen-bond acceptors (Lipinski definition) is 3. The molecule has 1 fully saturated rings. The lowest BCUT2D eigenvalue weighted by atomic mass is 10.1. The molecule has 1 unspecified atom stereocenters. The molecule has 1 saturated heterocycles. The Kier molecular flexibility index (Phi) is 4.04. The van der Waals surface area contributed by atoms with E-state index >= 15 is 0 Å². The highest BCUT2D eigenvalue weighted by Crippen LogP contribution is 2.33. The predicted octanol–water partition coefficient (Wildman–Crippen LogP) is 1.59. The van der Waals surface area contributed by atoms with Gasteiger partial charge in [-0.25, -0.2) is 4.39 Å². The van der Waals surface area contributed by atoms with Gasteiger partial charge in [0.15, 0.2) is 0 Å². The van der Waals surface area contributed by atoms with Crippen molar-refractivity contribution >= 4 is 11.6 Å². The average molecular weight is 266 g/mol. The van der Waals surface area contributed by atoms with E-state index in [0.717, 1.165) is 12.8 Å². The number of carbonyl (C=O) groups is 1. The number of halogens is 1. The van der Waals surface area contributed by atoms with Crippen molar-refractivity contribution in [3.8, 4) is 0 Å². The summed E-state index contributed by atoms with van der Waals surface area (Å²) in [5, 5.41) is 12.4. The van der Waals surface area contributed by atoms with Crippen LogP contribution in [-0.2, 0) is 4.79 Å². The zero-order valence-electron chi connectivity index (χ0n) is 11.2. The zero-order valence-corrected chi connectivity index (χ0v) is 11.2. The van der Waals surface area contributed by atoms with Crippen LogP contribution in [0.15, 0.2) is 18.2 Å². The van der Waals surface area contributed by atoms with Crippen molar-refractivity contribution in [1.29, 1.82) is 0 Å². The highest BCUT2D eigenvalue weighted by Gasteiger charge is 2.32. The number of amides is 1. The molecule has 0 aliphatic carbocycles. The summed E-state index contributed by atoms with van der Waals surface area (Å²) in [6.07, 6.45) is 0.727. The van der Waals surface area contributed by atoms with Crippen molar-refractivity contribution in [3.63, 3.8) is 0 Å². The summed E-state index contributed by atoms with van der Waals surface area (Å²) in [5.41, 5.74) is 0.874. The quantitative estimate of drug-likeness (QED) is 0.873. The number of anilines is 1. The molecule has 1 aromatic carbocycles. The Bertz CT molecular complexity index is 477. The van der Waals surface area contributed by atoms with Gasteiger partial charge in [-0.05, 0) is 31.9 Å². The maximum absolute atomic E-state index is 13.9. The molecule has 0 saturated carbocycles. The number of nitrogens with zero attached hydrogens (tertiary/aromatic N) is 1. The van der Waals surface area contributed by atoms with E-state index in [4.69, 9.17) is 0 Å². The normalized spacial score (nSPS) is 20.4. The maximum atomic E-state index is 13.9. The maximum Gasteiger partial charge on any atom is 0.242 e. The van der Waals surface area contributed by atoms with Crippen LogP contribution in [-0.4, -0.2) is 30.6 Å².